The van der Waals surface area contributed by atoms with Crippen molar-refractivity contribution in [2.75, 3.05) is 13.2 Å². The molecule has 1 saturated heterocycles. The molecule has 0 saturated carbocycles. The highest BCUT2D eigenvalue weighted by molar-refractivity contribution is 7.08. The summed E-state index contributed by atoms with van der Waals surface area (Å²) in [5.74, 6) is -0.755. The number of para-hydroxylation sites is 1. The van der Waals surface area contributed by atoms with E-state index in [4.69, 9.17) is 9.47 Å². The second kappa shape index (κ2) is 4.72. The van der Waals surface area contributed by atoms with Crippen LogP contribution in [0, 0.1) is 0 Å². The Hall–Kier alpha value is -1.36. The van der Waals surface area contributed by atoms with Gasteiger partial charge in [0.25, 0.3) is 0 Å². The quantitative estimate of drug-likeness (QED) is 0.904. The summed E-state index contributed by atoms with van der Waals surface area (Å²) in [5, 5.41) is 14.1. The number of phenols is 1. The zero-order valence-corrected chi connectivity index (χ0v) is 10.7. The summed E-state index contributed by atoms with van der Waals surface area (Å²) in [6.45, 7) is 1.26. The van der Waals surface area contributed by atoms with Gasteiger partial charge in [0.1, 0.15) is 5.75 Å². The normalized spacial score (nSPS) is 18.7. The molecular weight excluding hydrogens is 248 g/mol. The summed E-state index contributed by atoms with van der Waals surface area (Å²) in [5.41, 5.74) is 1.61. The van der Waals surface area contributed by atoms with Crippen molar-refractivity contribution < 1.29 is 14.6 Å². The monoisotopic (exact) mass is 262 g/mol. The maximum absolute atomic E-state index is 10.1. The predicted octanol–water partition coefficient (Wildman–Crippen LogP) is 3.09. The number of phenolic OH excluding ortho intramolecular Hbond substituents is 1. The lowest BCUT2D eigenvalue weighted by atomic mass is 9.97. The molecule has 1 aromatic carbocycles. The molecule has 94 valence electrons. The fourth-order valence-electron chi connectivity index (χ4n) is 2.21. The smallest absolute Gasteiger partial charge is 0.226 e. The Morgan fingerprint density at radius 2 is 1.89 bits per heavy atom. The molecule has 1 aromatic heterocycles. The van der Waals surface area contributed by atoms with E-state index < -0.39 is 5.79 Å². The van der Waals surface area contributed by atoms with Gasteiger partial charge in [0.2, 0.25) is 5.79 Å². The zero-order chi connectivity index (χ0) is 12.4. The minimum absolute atomic E-state index is 0.200. The fourth-order valence-corrected chi connectivity index (χ4v) is 2.90. The Balaban J connectivity index is 2.14. The van der Waals surface area contributed by atoms with Gasteiger partial charge in [0.15, 0.2) is 0 Å². The van der Waals surface area contributed by atoms with Crippen LogP contribution in [-0.4, -0.2) is 18.3 Å². The van der Waals surface area contributed by atoms with Crippen LogP contribution in [0.2, 0.25) is 0 Å². The molecule has 1 aliphatic heterocycles. The zero-order valence-electron chi connectivity index (χ0n) is 9.83. The summed E-state index contributed by atoms with van der Waals surface area (Å²) in [7, 11) is 0. The molecule has 0 amide bonds. The van der Waals surface area contributed by atoms with Crippen LogP contribution in [0.25, 0.3) is 0 Å². The van der Waals surface area contributed by atoms with Crippen molar-refractivity contribution in [3.63, 3.8) is 0 Å². The van der Waals surface area contributed by atoms with E-state index in [0.29, 0.717) is 18.8 Å². The minimum Gasteiger partial charge on any atom is -0.507 e. The third-order valence-electron chi connectivity index (χ3n) is 3.06. The van der Waals surface area contributed by atoms with Crippen LogP contribution < -0.4 is 0 Å². The highest BCUT2D eigenvalue weighted by Crippen LogP contribution is 2.42. The lowest BCUT2D eigenvalue weighted by Gasteiger charge is -2.37. The number of hydrogen-bond acceptors (Lipinski definition) is 4. The highest BCUT2D eigenvalue weighted by atomic mass is 32.1. The SMILES string of the molecule is Oc1ccccc1C1(c2ccsc2)OCCCO1. The first-order chi connectivity index (χ1) is 8.83. The number of thiophene rings is 1. The molecule has 18 heavy (non-hydrogen) atoms. The molecule has 0 radical (unpaired) electrons. The van der Waals surface area contributed by atoms with Gasteiger partial charge in [0, 0.05) is 5.56 Å². The molecule has 1 fully saturated rings. The topological polar surface area (TPSA) is 38.7 Å². The number of hydrogen-bond donors (Lipinski definition) is 1. The molecule has 0 aliphatic carbocycles. The lowest BCUT2D eigenvalue weighted by molar-refractivity contribution is -0.249. The summed E-state index contributed by atoms with van der Waals surface area (Å²) in [6.07, 6.45) is 0.874. The van der Waals surface area contributed by atoms with Gasteiger partial charge in [-0.3, -0.25) is 0 Å². The van der Waals surface area contributed by atoms with Gasteiger partial charge >= 0.3 is 0 Å². The van der Waals surface area contributed by atoms with Crippen LogP contribution in [0.15, 0.2) is 41.1 Å². The van der Waals surface area contributed by atoms with Gasteiger partial charge in [-0.1, -0.05) is 12.1 Å². The summed E-state index contributed by atoms with van der Waals surface area (Å²) < 4.78 is 11.8. The summed E-state index contributed by atoms with van der Waals surface area (Å²) >= 11 is 1.59. The van der Waals surface area contributed by atoms with Gasteiger partial charge < -0.3 is 14.6 Å². The van der Waals surface area contributed by atoms with E-state index >= 15 is 0 Å². The van der Waals surface area contributed by atoms with E-state index in [1.807, 2.05) is 29.0 Å². The molecule has 2 aromatic rings. The van der Waals surface area contributed by atoms with Crippen LogP contribution >= 0.6 is 11.3 Å². The lowest BCUT2D eigenvalue weighted by Crippen LogP contribution is -2.38. The molecule has 4 heteroatoms. The summed E-state index contributed by atoms with van der Waals surface area (Å²) in [4.78, 5) is 0. The molecule has 2 heterocycles. The van der Waals surface area contributed by atoms with Crippen molar-refractivity contribution in [1.82, 2.24) is 0 Å². The molecule has 1 N–H and O–H groups in total. The van der Waals surface area contributed by atoms with E-state index in [-0.39, 0.29) is 5.75 Å². The first kappa shape index (κ1) is 11.7. The molecule has 3 rings (SSSR count). The minimum atomic E-state index is -0.955. The van der Waals surface area contributed by atoms with Crippen molar-refractivity contribution in [2.24, 2.45) is 0 Å². The standard InChI is InChI=1S/C14H14O3S/c15-13-5-2-1-4-12(13)14(11-6-9-18-10-11)16-7-3-8-17-14/h1-2,4-6,9-10,15H,3,7-8H2. The van der Waals surface area contributed by atoms with Crippen molar-refractivity contribution in [2.45, 2.75) is 12.2 Å². The Bertz CT molecular complexity index is 516. The third-order valence-corrected chi connectivity index (χ3v) is 3.74. The van der Waals surface area contributed by atoms with E-state index in [2.05, 4.69) is 0 Å². The first-order valence-corrected chi connectivity index (χ1v) is 6.86. The number of ether oxygens (including phenoxy) is 2. The average Bonchev–Trinajstić information content (AvgIpc) is 2.94. The Labute approximate surface area is 110 Å². The molecule has 1 aliphatic rings. The third kappa shape index (κ3) is 1.82. The van der Waals surface area contributed by atoms with Crippen LogP contribution in [0.3, 0.4) is 0 Å². The predicted molar refractivity (Wildman–Crippen MR) is 69.7 cm³/mol. The van der Waals surface area contributed by atoms with Gasteiger partial charge in [-0.2, -0.15) is 11.3 Å². The second-order valence-corrected chi connectivity index (χ2v) is 4.98. The maximum Gasteiger partial charge on any atom is 0.226 e. The molecule has 0 atom stereocenters. The number of benzene rings is 1. The van der Waals surface area contributed by atoms with E-state index in [9.17, 15) is 5.11 Å². The average molecular weight is 262 g/mol. The van der Waals surface area contributed by atoms with Crippen molar-refractivity contribution in [1.29, 1.82) is 0 Å². The maximum atomic E-state index is 10.1. The molecule has 0 spiro atoms. The van der Waals surface area contributed by atoms with Crippen molar-refractivity contribution in [3.05, 3.63) is 52.2 Å². The van der Waals surface area contributed by atoms with E-state index in [1.54, 1.807) is 23.5 Å². The van der Waals surface area contributed by atoms with Gasteiger partial charge in [-0.05, 0) is 35.4 Å². The van der Waals surface area contributed by atoms with E-state index in [1.165, 1.54) is 0 Å². The van der Waals surface area contributed by atoms with Crippen LogP contribution in [-0.2, 0) is 15.3 Å². The van der Waals surface area contributed by atoms with Crippen LogP contribution in [0.1, 0.15) is 17.5 Å². The van der Waals surface area contributed by atoms with E-state index in [0.717, 1.165) is 12.0 Å². The van der Waals surface area contributed by atoms with Gasteiger partial charge in [-0.15, -0.1) is 0 Å². The molecule has 0 unspecified atom stereocenters. The van der Waals surface area contributed by atoms with Crippen LogP contribution in [0.5, 0.6) is 5.75 Å². The van der Waals surface area contributed by atoms with Crippen molar-refractivity contribution in [3.8, 4) is 5.75 Å². The fraction of sp³-hybridized carbons (Fsp3) is 0.286. The highest BCUT2D eigenvalue weighted by Gasteiger charge is 2.41. The second-order valence-electron chi connectivity index (χ2n) is 4.20. The number of rotatable bonds is 2. The van der Waals surface area contributed by atoms with Crippen molar-refractivity contribution >= 4 is 11.3 Å². The summed E-state index contributed by atoms with van der Waals surface area (Å²) in [6, 6.07) is 9.15. The Kier molecular flexibility index (Phi) is 3.07. The Morgan fingerprint density at radius 3 is 2.56 bits per heavy atom. The van der Waals surface area contributed by atoms with Gasteiger partial charge in [-0.25, -0.2) is 0 Å². The molecule has 0 bridgehead atoms. The van der Waals surface area contributed by atoms with Crippen LogP contribution in [0.4, 0.5) is 0 Å². The first-order valence-electron chi connectivity index (χ1n) is 5.92. The van der Waals surface area contributed by atoms with Gasteiger partial charge in [0.05, 0.1) is 18.8 Å². The number of aromatic hydroxyl groups is 1. The molecular formula is C14H14O3S. The Morgan fingerprint density at radius 1 is 1.11 bits per heavy atom. The largest absolute Gasteiger partial charge is 0.507 e. The molecule has 3 nitrogen and oxygen atoms in total.